The van der Waals surface area contributed by atoms with Gasteiger partial charge in [-0.25, -0.2) is 4.79 Å². The lowest BCUT2D eigenvalue weighted by atomic mass is 10.2. The number of carbonyl (C=O) groups is 1. The van der Waals surface area contributed by atoms with Crippen molar-refractivity contribution in [2.45, 2.75) is 39.3 Å². The molecule has 0 saturated heterocycles. The Morgan fingerprint density at radius 1 is 1.50 bits per heavy atom. The molecule has 0 aromatic heterocycles. The number of ether oxygens (including phenoxy) is 2. The van der Waals surface area contributed by atoms with Crippen LogP contribution in [0.5, 0.6) is 0 Å². The van der Waals surface area contributed by atoms with Crippen LogP contribution in [0.15, 0.2) is 0 Å². The van der Waals surface area contributed by atoms with E-state index < -0.39 is 17.7 Å². The van der Waals surface area contributed by atoms with Crippen LogP contribution in [0.4, 0.5) is 4.79 Å². The number of methoxy groups -OCH3 is 1. The van der Waals surface area contributed by atoms with Crippen molar-refractivity contribution in [3.05, 3.63) is 0 Å². The van der Waals surface area contributed by atoms with Gasteiger partial charge < -0.3 is 9.47 Å². The molecule has 0 aliphatic rings. The minimum absolute atomic E-state index is 0.260. The Labute approximate surface area is 84.6 Å². The fourth-order valence-electron chi connectivity index (χ4n) is 0.800. The van der Waals surface area contributed by atoms with E-state index in [1.807, 2.05) is 0 Å². The molecular formula is C9H19NO4. The third-order valence-electron chi connectivity index (χ3n) is 1.41. The molecule has 0 aromatic carbocycles. The van der Waals surface area contributed by atoms with Gasteiger partial charge in [0, 0.05) is 7.11 Å². The van der Waals surface area contributed by atoms with Gasteiger partial charge in [-0.1, -0.05) is 0 Å². The maximum atomic E-state index is 11.3. The number of amides is 1. The summed E-state index contributed by atoms with van der Waals surface area (Å²) in [7, 11) is 1.50. The summed E-state index contributed by atoms with van der Waals surface area (Å²) in [6, 6.07) is -0.421. The van der Waals surface area contributed by atoms with Gasteiger partial charge in [0.1, 0.15) is 5.60 Å². The first-order valence-electron chi connectivity index (χ1n) is 4.48. The van der Waals surface area contributed by atoms with Crippen LogP contribution in [0.3, 0.4) is 0 Å². The van der Waals surface area contributed by atoms with Crippen molar-refractivity contribution in [1.82, 2.24) is 5.06 Å². The average molecular weight is 205 g/mol. The quantitative estimate of drug-likeness (QED) is 0.562. The molecule has 1 amide bonds. The standard InChI is InChI=1S/C9H19NO4/c1-7(6-13-5)10(12)8(11)14-9(2,3)4/h7,12H,6H2,1-5H3/t7-/m1/s1. The molecule has 0 aliphatic heterocycles. The molecule has 0 radical (unpaired) electrons. The molecule has 1 N–H and O–H groups in total. The van der Waals surface area contributed by atoms with Crippen LogP contribution in [0.2, 0.25) is 0 Å². The van der Waals surface area contributed by atoms with Gasteiger partial charge in [0.25, 0.3) is 0 Å². The summed E-state index contributed by atoms with van der Waals surface area (Å²) >= 11 is 0. The summed E-state index contributed by atoms with van der Waals surface area (Å²) in [6.45, 7) is 7.13. The van der Waals surface area contributed by atoms with Crippen molar-refractivity contribution in [3.63, 3.8) is 0 Å². The predicted octanol–water partition coefficient (Wildman–Crippen LogP) is 1.65. The second-order valence-corrected chi connectivity index (χ2v) is 4.13. The van der Waals surface area contributed by atoms with Gasteiger partial charge in [-0.3, -0.25) is 5.21 Å². The predicted molar refractivity (Wildman–Crippen MR) is 51.2 cm³/mol. The van der Waals surface area contributed by atoms with Gasteiger partial charge >= 0.3 is 6.09 Å². The van der Waals surface area contributed by atoms with Crippen molar-refractivity contribution in [2.24, 2.45) is 0 Å². The van der Waals surface area contributed by atoms with Crippen LogP contribution >= 0.6 is 0 Å². The van der Waals surface area contributed by atoms with Gasteiger partial charge in [-0.05, 0) is 27.7 Å². The molecule has 0 spiro atoms. The van der Waals surface area contributed by atoms with Crippen molar-refractivity contribution < 1.29 is 19.5 Å². The summed E-state index contributed by atoms with van der Waals surface area (Å²) in [4.78, 5) is 11.3. The molecule has 0 aliphatic carbocycles. The summed E-state index contributed by atoms with van der Waals surface area (Å²) in [6.07, 6.45) is -0.762. The zero-order valence-electron chi connectivity index (χ0n) is 9.40. The van der Waals surface area contributed by atoms with E-state index in [9.17, 15) is 10.0 Å². The highest BCUT2D eigenvalue weighted by atomic mass is 16.6. The summed E-state index contributed by atoms with van der Waals surface area (Å²) in [5.74, 6) is 0. The van der Waals surface area contributed by atoms with E-state index in [0.717, 1.165) is 0 Å². The van der Waals surface area contributed by atoms with Crippen LogP contribution in [-0.4, -0.2) is 41.7 Å². The lowest BCUT2D eigenvalue weighted by molar-refractivity contribution is -0.126. The Kier molecular flexibility index (Phi) is 4.87. The molecule has 0 heterocycles. The zero-order chi connectivity index (χ0) is 11.4. The molecule has 0 fully saturated rings. The first kappa shape index (κ1) is 13.2. The van der Waals surface area contributed by atoms with E-state index >= 15 is 0 Å². The van der Waals surface area contributed by atoms with Gasteiger partial charge in [0.05, 0.1) is 12.6 Å². The number of nitrogens with zero attached hydrogens (tertiary/aromatic N) is 1. The largest absolute Gasteiger partial charge is 0.442 e. The van der Waals surface area contributed by atoms with Crippen molar-refractivity contribution >= 4 is 6.09 Å². The smallest absolute Gasteiger partial charge is 0.434 e. The van der Waals surface area contributed by atoms with Crippen LogP contribution in [-0.2, 0) is 9.47 Å². The third-order valence-corrected chi connectivity index (χ3v) is 1.41. The lowest BCUT2D eigenvalue weighted by Crippen LogP contribution is -2.41. The molecule has 5 heteroatoms. The maximum absolute atomic E-state index is 11.3. The Hall–Kier alpha value is -0.810. The minimum atomic E-state index is -0.762. The fourth-order valence-corrected chi connectivity index (χ4v) is 0.800. The fraction of sp³-hybridized carbons (Fsp3) is 0.889. The summed E-state index contributed by atoms with van der Waals surface area (Å²) in [5.41, 5.74) is -0.606. The Balaban J connectivity index is 4.12. The first-order valence-corrected chi connectivity index (χ1v) is 4.48. The number of hydrogen-bond acceptors (Lipinski definition) is 4. The van der Waals surface area contributed by atoms with Crippen molar-refractivity contribution in [2.75, 3.05) is 13.7 Å². The van der Waals surface area contributed by atoms with Crippen LogP contribution in [0, 0.1) is 0 Å². The Bertz CT molecular complexity index is 188. The lowest BCUT2D eigenvalue weighted by Gasteiger charge is -2.26. The molecule has 0 bridgehead atoms. The number of hydroxylamine groups is 2. The molecule has 1 atom stereocenters. The maximum Gasteiger partial charge on any atom is 0.434 e. The molecular weight excluding hydrogens is 186 g/mol. The summed E-state index contributed by atoms with van der Waals surface area (Å²) in [5, 5.41) is 9.90. The van der Waals surface area contributed by atoms with E-state index in [1.54, 1.807) is 27.7 Å². The average Bonchev–Trinajstić information content (AvgIpc) is 2.00. The minimum Gasteiger partial charge on any atom is -0.442 e. The number of rotatable bonds is 3. The van der Waals surface area contributed by atoms with Gasteiger partial charge in [0.2, 0.25) is 0 Å². The SMILES string of the molecule is COC[C@@H](C)N(O)C(=O)OC(C)(C)C. The second-order valence-electron chi connectivity index (χ2n) is 4.13. The molecule has 0 rings (SSSR count). The van der Waals surface area contributed by atoms with Crippen LogP contribution in [0.25, 0.3) is 0 Å². The van der Waals surface area contributed by atoms with E-state index in [2.05, 4.69) is 0 Å². The molecule has 0 aromatic rings. The monoisotopic (exact) mass is 205 g/mol. The Morgan fingerprint density at radius 2 is 2.00 bits per heavy atom. The van der Waals surface area contributed by atoms with Crippen LogP contribution < -0.4 is 0 Å². The molecule has 5 nitrogen and oxygen atoms in total. The number of hydrogen-bond donors (Lipinski definition) is 1. The molecule has 0 unspecified atom stereocenters. The number of carbonyl (C=O) groups excluding carboxylic acids is 1. The van der Waals surface area contributed by atoms with E-state index in [0.29, 0.717) is 5.06 Å². The second kappa shape index (κ2) is 5.17. The highest BCUT2D eigenvalue weighted by Gasteiger charge is 2.24. The van der Waals surface area contributed by atoms with Gasteiger partial charge in [0.15, 0.2) is 0 Å². The van der Waals surface area contributed by atoms with E-state index in [1.165, 1.54) is 7.11 Å². The Morgan fingerprint density at radius 3 is 2.36 bits per heavy atom. The van der Waals surface area contributed by atoms with Gasteiger partial charge in [-0.15, -0.1) is 0 Å². The molecule has 0 saturated carbocycles. The summed E-state index contributed by atoms with van der Waals surface area (Å²) < 4.78 is 9.74. The van der Waals surface area contributed by atoms with Gasteiger partial charge in [-0.2, -0.15) is 5.06 Å². The third kappa shape index (κ3) is 5.04. The molecule has 14 heavy (non-hydrogen) atoms. The van der Waals surface area contributed by atoms with E-state index in [4.69, 9.17) is 9.47 Å². The van der Waals surface area contributed by atoms with Crippen molar-refractivity contribution in [3.8, 4) is 0 Å². The normalized spacial score (nSPS) is 13.6. The highest BCUT2D eigenvalue weighted by molar-refractivity contribution is 5.66. The van der Waals surface area contributed by atoms with Crippen LogP contribution in [0.1, 0.15) is 27.7 Å². The first-order chi connectivity index (χ1) is 6.28. The highest BCUT2D eigenvalue weighted by Crippen LogP contribution is 2.10. The van der Waals surface area contributed by atoms with Crippen molar-refractivity contribution in [1.29, 1.82) is 0 Å². The topological polar surface area (TPSA) is 59.0 Å². The zero-order valence-corrected chi connectivity index (χ0v) is 9.40. The molecule has 84 valence electrons. The van der Waals surface area contributed by atoms with E-state index in [-0.39, 0.29) is 6.61 Å².